The van der Waals surface area contributed by atoms with E-state index < -0.39 is 0 Å². The number of benzene rings is 8. The molecule has 0 amide bonds. The minimum atomic E-state index is -0.142. The Morgan fingerprint density at radius 2 is 1.09 bits per heavy atom. The van der Waals surface area contributed by atoms with Crippen molar-refractivity contribution in [3.05, 3.63) is 190 Å². The minimum absolute atomic E-state index is 0.142. The number of ether oxygens (including phenoxy) is 2. The van der Waals surface area contributed by atoms with Crippen molar-refractivity contribution >= 4 is 96.1 Å². The summed E-state index contributed by atoms with van der Waals surface area (Å²) in [6.07, 6.45) is 8.36. The van der Waals surface area contributed by atoms with Crippen LogP contribution in [0.4, 0.5) is 22.7 Å². The summed E-state index contributed by atoms with van der Waals surface area (Å²) in [4.78, 5) is 18.8. The van der Waals surface area contributed by atoms with Crippen LogP contribution in [0.3, 0.4) is 0 Å². The first-order chi connectivity index (χ1) is 31.4. The van der Waals surface area contributed by atoms with Crippen molar-refractivity contribution in [3.8, 4) is 11.5 Å². The summed E-state index contributed by atoms with van der Waals surface area (Å²) >= 11 is 0. The van der Waals surface area contributed by atoms with Gasteiger partial charge in [-0.1, -0.05) is 127 Å². The van der Waals surface area contributed by atoms with Crippen molar-refractivity contribution in [2.45, 2.75) is 20.8 Å². The van der Waals surface area contributed by atoms with Gasteiger partial charge in [0.2, 0.25) is 0 Å². The molecule has 0 radical (unpaired) electrons. The molecule has 0 aliphatic rings. The van der Waals surface area contributed by atoms with Crippen LogP contribution in [-0.4, -0.2) is 22.6 Å². The molecule has 0 fully saturated rings. The van der Waals surface area contributed by atoms with Crippen LogP contribution in [0, 0.1) is 6.92 Å². The standard InChI is InChI=1S/C55H42N6O3/c1-4-63-49-34-46-50-44(13-10-14-45(50)54-56-47-15-8-9-16-48(47)61(54)55(46)62)51(49)59-57-41-29-25-38(26-30-41)23-21-36-17-19-37(20-18-36)22-24-39-27-31-42(32-28-39)58-60-52-43-12-7-6-11-40(43)33-35(3)53(52)64-5-2/h6-34H,4-5H2,1-3H3. The van der Waals surface area contributed by atoms with Gasteiger partial charge in [-0.05, 0) is 103 Å². The van der Waals surface area contributed by atoms with E-state index in [0.717, 1.165) is 82.9 Å². The predicted octanol–water partition coefficient (Wildman–Crippen LogP) is 15.0. The van der Waals surface area contributed by atoms with Crippen LogP contribution in [0.25, 0.3) is 73.3 Å². The molecule has 0 atom stereocenters. The Morgan fingerprint density at radius 3 is 1.73 bits per heavy atom. The number of hydrogen-bond donors (Lipinski definition) is 0. The van der Waals surface area contributed by atoms with Gasteiger partial charge in [0.05, 0.1) is 41.0 Å². The second kappa shape index (κ2) is 17.2. The number of azo groups is 2. The van der Waals surface area contributed by atoms with Crippen molar-refractivity contribution < 1.29 is 9.47 Å². The third-order valence-electron chi connectivity index (χ3n) is 11.3. The van der Waals surface area contributed by atoms with Gasteiger partial charge < -0.3 is 9.47 Å². The fraction of sp³-hybridized carbons (Fsp3) is 0.0909. The number of fused-ring (bicyclic) bond motifs is 5. The summed E-state index contributed by atoms with van der Waals surface area (Å²) in [5.41, 5.74) is 10.1. The second-order valence-corrected chi connectivity index (χ2v) is 15.4. The number of rotatable bonds is 12. The Labute approximate surface area is 369 Å². The zero-order chi connectivity index (χ0) is 43.6. The van der Waals surface area contributed by atoms with Gasteiger partial charge in [0.25, 0.3) is 5.56 Å². The largest absolute Gasteiger partial charge is 0.491 e. The highest BCUT2D eigenvalue weighted by molar-refractivity contribution is 6.19. The van der Waals surface area contributed by atoms with E-state index in [1.807, 2.05) is 124 Å². The van der Waals surface area contributed by atoms with Gasteiger partial charge in [-0.2, -0.15) is 10.2 Å². The average Bonchev–Trinajstić information content (AvgIpc) is 3.73. The molecule has 0 saturated carbocycles. The molecule has 0 aliphatic carbocycles. The first kappa shape index (κ1) is 39.8. The Bertz CT molecular complexity index is 3540. The number of para-hydroxylation sites is 2. The molecular weight excluding hydrogens is 793 g/mol. The van der Waals surface area contributed by atoms with Gasteiger partial charge in [-0.15, -0.1) is 10.2 Å². The predicted molar refractivity (Wildman–Crippen MR) is 262 cm³/mol. The van der Waals surface area contributed by atoms with Crippen molar-refractivity contribution in [1.29, 1.82) is 0 Å². The maximum absolute atomic E-state index is 14.0. The van der Waals surface area contributed by atoms with E-state index in [9.17, 15) is 4.79 Å². The van der Waals surface area contributed by atoms with E-state index in [1.54, 1.807) is 10.5 Å². The summed E-state index contributed by atoms with van der Waals surface area (Å²) in [5.74, 6) is 1.27. The van der Waals surface area contributed by atoms with Crippen LogP contribution >= 0.6 is 0 Å². The number of pyridine rings is 1. The van der Waals surface area contributed by atoms with Crippen molar-refractivity contribution in [3.63, 3.8) is 0 Å². The number of nitrogens with zero attached hydrogens (tertiary/aromatic N) is 6. The highest BCUT2D eigenvalue weighted by Gasteiger charge is 2.21. The molecule has 10 aromatic rings. The molecule has 0 unspecified atom stereocenters. The van der Waals surface area contributed by atoms with E-state index in [1.165, 1.54) is 0 Å². The lowest BCUT2D eigenvalue weighted by molar-refractivity contribution is 0.339. The molecular formula is C55H42N6O3. The molecule has 64 heavy (non-hydrogen) atoms. The SMILES string of the molecule is CCOc1cc2c(=O)n3c4ccccc4nc3c3cccc(c1N=Nc1ccc(C=Cc4ccc(C=Cc5ccc(N=Nc6c(OCC)c(C)cc7ccccc67)cc5)cc4)cc1)c23. The van der Waals surface area contributed by atoms with Crippen LogP contribution in [0.15, 0.2) is 177 Å². The van der Waals surface area contributed by atoms with Crippen molar-refractivity contribution in [2.75, 3.05) is 13.2 Å². The van der Waals surface area contributed by atoms with E-state index in [0.29, 0.717) is 41.4 Å². The maximum atomic E-state index is 14.0. The van der Waals surface area contributed by atoms with Crippen LogP contribution in [0.1, 0.15) is 41.7 Å². The third kappa shape index (κ3) is 7.64. The number of imidazole rings is 1. The molecule has 2 heterocycles. The number of aryl methyl sites for hydroxylation is 1. The smallest absolute Gasteiger partial charge is 0.264 e. The van der Waals surface area contributed by atoms with Gasteiger partial charge in [0.15, 0.2) is 0 Å². The van der Waals surface area contributed by atoms with Crippen LogP contribution in [-0.2, 0) is 0 Å². The van der Waals surface area contributed by atoms with Gasteiger partial charge in [-0.3, -0.25) is 9.20 Å². The van der Waals surface area contributed by atoms with Gasteiger partial charge in [0.1, 0.15) is 28.5 Å². The highest BCUT2D eigenvalue weighted by atomic mass is 16.5. The number of aromatic nitrogens is 2. The topological polar surface area (TPSA) is 102 Å². The van der Waals surface area contributed by atoms with Gasteiger partial charge in [0, 0.05) is 21.5 Å². The van der Waals surface area contributed by atoms with E-state index in [2.05, 4.69) is 82.1 Å². The van der Waals surface area contributed by atoms with Gasteiger partial charge >= 0.3 is 0 Å². The van der Waals surface area contributed by atoms with Crippen LogP contribution < -0.4 is 15.0 Å². The Kier molecular flexibility index (Phi) is 10.7. The van der Waals surface area contributed by atoms with E-state index in [4.69, 9.17) is 19.6 Å². The molecule has 8 aromatic carbocycles. The monoisotopic (exact) mass is 834 g/mol. The fourth-order valence-electron chi connectivity index (χ4n) is 8.20. The lowest BCUT2D eigenvalue weighted by atomic mass is 10.0. The summed E-state index contributed by atoms with van der Waals surface area (Å²) in [6, 6.07) is 50.1. The molecule has 9 nitrogen and oxygen atoms in total. The molecule has 0 N–H and O–H groups in total. The molecule has 0 bridgehead atoms. The molecule has 2 aromatic heterocycles. The third-order valence-corrected chi connectivity index (χ3v) is 11.3. The zero-order valence-electron chi connectivity index (χ0n) is 35.6. The maximum Gasteiger partial charge on any atom is 0.264 e. The Balaban J connectivity index is 0.816. The van der Waals surface area contributed by atoms with Crippen molar-refractivity contribution in [1.82, 2.24) is 9.38 Å². The Hall–Kier alpha value is -8.30. The van der Waals surface area contributed by atoms with Gasteiger partial charge in [-0.25, -0.2) is 4.98 Å². The number of hydrogen-bond acceptors (Lipinski definition) is 8. The average molecular weight is 835 g/mol. The quantitative estimate of drug-likeness (QED) is 0.0903. The summed E-state index contributed by atoms with van der Waals surface area (Å²) in [6.45, 7) is 6.90. The lowest BCUT2D eigenvalue weighted by Crippen LogP contribution is -2.13. The lowest BCUT2D eigenvalue weighted by Gasteiger charge is -2.13. The van der Waals surface area contributed by atoms with Crippen LogP contribution in [0.2, 0.25) is 0 Å². The molecule has 310 valence electrons. The second-order valence-electron chi connectivity index (χ2n) is 15.4. The zero-order valence-corrected chi connectivity index (χ0v) is 35.6. The normalized spacial score (nSPS) is 12.2. The summed E-state index contributed by atoms with van der Waals surface area (Å²) in [7, 11) is 0. The minimum Gasteiger partial charge on any atom is -0.491 e. The van der Waals surface area contributed by atoms with Crippen molar-refractivity contribution in [2.24, 2.45) is 20.5 Å². The molecule has 9 heteroatoms. The van der Waals surface area contributed by atoms with E-state index >= 15 is 0 Å². The Morgan fingerprint density at radius 1 is 0.547 bits per heavy atom. The summed E-state index contributed by atoms with van der Waals surface area (Å²) in [5, 5.41) is 23.7. The fourth-order valence-corrected chi connectivity index (χ4v) is 8.20. The summed E-state index contributed by atoms with van der Waals surface area (Å²) < 4.78 is 13.7. The molecule has 0 saturated heterocycles. The highest BCUT2D eigenvalue weighted by Crippen LogP contribution is 2.43. The molecule has 0 aliphatic heterocycles. The molecule has 10 rings (SSSR count). The molecule has 0 spiro atoms. The first-order valence-electron chi connectivity index (χ1n) is 21.4. The first-order valence-corrected chi connectivity index (χ1v) is 21.4. The van der Waals surface area contributed by atoms with E-state index in [-0.39, 0.29) is 5.56 Å². The van der Waals surface area contributed by atoms with Crippen LogP contribution in [0.5, 0.6) is 11.5 Å².